The molecule has 0 bridgehead atoms. The number of ether oxygens (including phenoxy) is 4. The lowest BCUT2D eigenvalue weighted by Gasteiger charge is -2.41. The Morgan fingerprint density at radius 3 is 1.97 bits per heavy atom. The standard InChI is InChI=1S/C30H39NO4/c1-6-18-11-19-7-8-20-14-27(32-2)29(34-4)16-24(20)23(19)12-22(18)13-26-25-17-30(35-5)28(33-3)15-21(25)9-10-31-26/h14-17,19,23,26,31H,6-13H2,1-5H3/t19?,23-,26-/m1/s1. The van der Waals surface area contributed by atoms with Gasteiger partial charge in [0.15, 0.2) is 23.0 Å². The molecular weight excluding hydrogens is 438 g/mol. The van der Waals surface area contributed by atoms with Crippen LogP contribution in [0.15, 0.2) is 35.4 Å². The maximum Gasteiger partial charge on any atom is 0.161 e. The Bertz CT molecular complexity index is 1120. The molecule has 188 valence electrons. The molecule has 2 aromatic carbocycles. The fourth-order valence-corrected chi connectivity index (χ4v) is 6.71. The molecular formula is C30H39NO4. The van der Waals surface area contributed by atoms with E-state index in [1.165, 1.54) is 35.1 Å². The monoisotopic (exact) mass is 477 g/mol. The van der Waals surface area contributed by atoms with Gasteiger partial charge in [-0.1, -0.05) is 18.1 Å². The number of fused-ring (bicyclic) bond motifs is 4. The maximum atomic E-state index is 5.68. The highest BCUT2D eigenvalue weighted by Crippen LogP contribution is 2.51. The highest BCUT2D eigenvalue weighted by molar-refractivity contribution is 5.52. The van der Waals surface area contributed by atoms with Crippen molar-refractivity contribution in [1.29, 1.82) is 0 Å². The van der Waals surface area contributed by atoms with Crippen molar-refractivity contribution in [3.05, 3.63) is 57.7 Å². The first kappa shape index (κ1) is 24.1. The fraction of sp³-hybridized carbons (Fsp3) is 0.533. The van der Waals surface area contributed by atoms with Crippen LogP contribution < -0.4 is 24.3 Å². The predicted molar refractivity (Wildman–Crippen MR) is 139 cm³/mol. The number of nitrogens with one attached hydrogen (secondary N) is 1. The van der Waals surface area contributed by atoms with Crippen LogP contribution in [0, 0.1) is 5.92 Å². The molecule has 35 heavy (non-hydrogen) atoms. The SMILES string of the molecule is CCC1=C(C[C@H]2NCCc3cc(OC)c(OC)cc32)C[C@H]2c3cc(OC)c(OC)cc3CCC2C1. The summed E-state index contributed by atoms with van der Waals surface area (Å²) >= 11 is 0. The Labute approximate surface area is 209 Å². The smallest absolute Gasteiger partial charge is 0.161 e. The quantitative estimate of drug-likeness (QED) is 0.485. The topological polar surface area (TPSA) is 49.0 Å². The number of hydrogen-bond acceptors (Lipinski definition) is 5. The molecule has 1 aliphatic heterocycles. The van der Waals surface area contributed by atoms with Gasteiger partial charge in [0.1, 0.15) is 0 Å². The highest BCUT2D eigenvalue weighted by atomic mass is 16.5. The second-order valence-corrected chi connectivity index (χ2v) is 10.1. The van der Waals surface area contributed by atoms with E-state index in [2.05, 4.69) is 36.5 Å². The van der Waals surface area contributed by atoms with Crippen LogP contribution in [-0.2, 0) is 12.8 Å². The second kappa shape index (κ2) is 10.1. The minimum Gasteiger partial charge on any atom is -0.493 e. The Hall–Kier alpha value is -2.66. The predicted octanol–water partition coefficient (Wildman–Crippen LogP) is 6.14. The molecule has 1 heterocycles. The van der Waals surface area contributed by atoms with Crippen molar-refractivity contribution in [2.45, 2.75) is 63.8 Å². The molecule has 1 unspecified atom stereocenters. The first-order valence-corrected chi connectivity index (χ1v) is 13.0. The summed E-state index contributed by atoms with van der Waals surface area (Å²) in [5, 5.41) is 3.81. The Kier molecular flexibility index (Phi) is 6.97. The third kappa shape index (κ3) is 4.40. The highest BCUT2D eigenvalue weighted by Gasteiger charge is 2.36. The van der Waals surface area contributed by atoms with Crippen molar-refractivity contribution >= 4 is 0 Å². The molecule has 0 saturated heterocycles. The van der Waals surface area contributed by atoms with E-state index in [4.69, 9.17) is 18.9 Å². The molecule has 0 spiro atoms. The summed E-state index contributed by atoms with van der Waals surface area (Å²) in [7, 11) is 6.90. The molecule has 5 heteroatoms. The van der Waals surface area contributed by atoms with Crippen LogP contribution in [0.1, 0.15) is 73.2 Å². The van der Waals surface area contributed by atoms with Gasteiger partial charge in [0.25, 0.3) is 0 Å². The molecule has 0 saturated carbocycles. The van der Waals surface area contributed by atoms with Crippen LogP contribution in [-0.4, -0.2) is 35.0 Å². The van der Waals surface area contributed by atoms with Crippen molar-refractivity contribution < 1.29 is 18.9 Å². The van der Waals surface area contributed by atoms with Gasteiger partial charge in [-0.05, 0) is 110 Å². The molecule has 5 nitrogen and oxygen atoms in total. The molecule has 2 aliphatic carbocycles. The van der Waals surface area contributed by atoms with Crippen molar-refractivity contribution in [2.75, 3.05) is 35.0 Å². The molecule has 0 amide bonds. The number of methoxy groups -OCH3 is 4. The number of benzene rings is 2. The van der Waals surface area contributed by atoms with Crippen LogP contribution in [0.3, 0.4) is 0 Å². The zero-order valence-electron chi connectivity index (χ0n) is 21.8. The van der Waals surface area contributed by atoms with Gasteiger partial charge in [0, 0.05) is 6.04 Å². The van der Waals surface area contributed by atoms with Gasteiger partial charge in [0.05, 0.1) is 28.4 Å². The Morgan fingerprint density at radius 2 is 1.34 bits per heavy atom. The Balaban J connectivity index is 1.46. The van der Waals surface area contributed by atoms with Gasteiger partial charge >= 0.3 is 0 Å². The van der Waals surface area contributed by atoms with E-state index in [0.29, 0.717) is 12.0 Å². The van der Waals surface area contributed by atoms with Crippen LogP contribution in [0.4, 0.5) is 0 Å². The minimum atomic E-state index is 0.306. The van der Waals surface area contributed by atoms with Gasteiger partial charge in [-0.15, -0.1) is 0 Å². The van der Waals surface area contributed by atoms with Crippen LogP contribution in [0.25, 0.3) is 0 Å². The molecule has 2 aromatic rings. The first-order valence-electron chi connectivity index (χ1n) is 13.0. The molecule has 0 aromatic heterocycles. The molecule has 5 rings (SSSR count). The van der Waals surface area contributed by atoms with E-state index in [1.54, 1.807) is 39.6 Å². The normalized spacial score (nSPS) is 23.2. The van der Waals surface area contributed by atoms with Crippen LogP contribution in [0.2, 0.25) is 0 Å². The zero-order valence-corrected chi connectivity index (χ0v) is 21.8. The summed E-state index contributed by atoms with van der Waals surface area (Å²) in [6.07, 6.45) is 7.95. The van der Waals surface area contributed by atoms with Crippen molar-refractivity contribution in [1.82, 2.24) is 5.32 Å². The van der Waals surface area contributed by atoms with E-state index >= 15 is 0 Å². The van der Waals surface area contributed by atoms with E-state index in [0.717, 1.165) is 67.6 Å². The van der Waals surface area contributed by atoms with E-state index in [9.17, 15) is 0 Å². The molecule has 1 N–H and O–H groups in total. The average Bonchev–Trinajstić information content (AvgIpc) is 2.91. The molecule has 3 atom stereocenters. The van der Waals surface area contributed by atoms with Gasteiger partial charge in [-0.25, -0.2) is 0 Å². The van der Waals surface area contributed by atoms with E-state index in [1.807, 2.05) is 0 Å². The maximum absolute atomic E-state index is 5.68. The Morgan fingerprint density at radius 1 is 0.743 bits per heavy atom. The van der Waals surface area contributed by atoms with Crippen molar-refractivity contribution in [2.24, 2.45) is 5.92 Å². The summed E-state index contributed by atoms with van der Waals surface area (Å²) in [5.41, 5.74) is 8.94. The lowest BCUT2D eigenvalue weighted by atomic mass is 9.65. The molecule has 3 aliphatic rings. The summed E-state index contributed by atoms with van der Waals surface area (Å²) in [4.78, 5) is 0. The molecule has 0 radical (unpaired) electrons. The fourth-order valence-electron chi connectivity index (χ4n) is 6.71. The van der Waals surface area contributed by atoms with E-state index in [-0.39, 0.29) is 0 Å². The average molecular weight is 478 g/mol. The van der Waals surface area contributed by atoms with Crippen molar-refractivity contribution in [3.63, 3.8) is 0 Å². The zero-order chi connectivity index (χ0) is 24.5. The largest absolute Gasteiger partial charge is 0.493 e. The van der Waals surface area contributed by atoms with E-state index < -0.39 is 0 Å². The summed E-state index contributed by atoms with van der Waals surface area (Å²) in [6, 6.07) is 9.13. The second-order valence-electron chi connectivity index (χ2n) is 10.1. The van der Waals surface area contributed by atoms with Gasteiger partial charge in [-0.2, -0.15) is 0 Å². The summed E-state index contributed by atoms with van der Waals surface area (Å²) < 4.78 is 22.5. The van der Waals surface area contributed by atoms with Crippen LogP contribution >= 0.6 is 0 Å². The number of aryl methyl sites for hydroxylation is 1. The summed E-state index contributed by atoms with van der Waals surface area (Å²) in [5.74, 6) is 4.60. The minimum absolute atomic E-state index is 0.306. The van der Waals surface area contributed by atoms with Crippen molar-refractivity contribution in [3.8, 4) is 23.0 Å². The summed E-state index contributed by atoms with van der Waals surface area (Å²) in [6.45, 7) is 3.32. The third-order valence-corrected chi connectivity index (χ3v) is 8.56. The number of rotatable bonds is 7. The lowest BCUT2D eigenvalue weighted by Crippen LogP contribution is -2.32. The number of hydrogen-bond donors (Lipinski definition) is 1. The van der Waals surface area contributed by atoms with Gasteiger partial charge in [0.2, 0.25) is 0 Å². The van der Waals surface area contributed by atoms with Gasteiger partial charge < -0.3 is 24.3 Å². The molecule has 0 fully saturated rings. The lowest BCUT2D eigenvalue weighted by molar-refractivity contribution is 0.324. The number of allylic oxidation sites excluding steroid dienone is 1. The van der Waals surface area contributed by atoms with Crippen LogP contribution in [0.5, 0.6) is 23.0 Å². The third-order valence-electron chi connectivity index (χ3n) is 8.56. The first-order chi connectivity index (χ1) is 17.1. The van der Waals surface area contributed by atoms with Gasteiger partial charge in [-0.3, -0.25) is 0 Å².